The Hall–Kier alpha value is -3.35. The van der Waals surface area contributed by atoms with E-state index in [1.807, 2.05) is 36.4 Å². The van der Waals surface area contributed by atoms with E-state index in [2.05, 4.69) is 32.5 Å². The molecule has 1 fully saturated rings. The summed E-state index contributed by atoms with van der Waals surface area (Å²) in [6, 6.07) is 15.5. The maximum absolute atomic E-state index is 12.3. The summed E-state index contributed by atoms with van der Waals surface area (Å²) in [5.74, 6) is 1.46. The van der Waals surface area contributed by atoms with Crippen LogP contribution in [-0.2, 0) is 11.2 Å². The van der Waals surface area contributed by atoms with E-state index in [1.165, 1.54) is 18.5 Å². The predicted octanol–water partition coefficient (Wildman–Crippen LogP) is 3.92. The minimum atomic E-state index is -0.0871. The number of hydrogen-bond donors (Lipinski definition) is 1. The molecule has 7 nitrogen and oxygen atoms in total. The molecule has 0 saturated carbocycles. The molecule has 1 aliphatic heterocycles. The standard InChI is InChI=1S/C22H24N4O3/c1-28-19-7-3-2-6-18(19)22-24-21(29-25-22)13-12-20(27)23-16-8-10-17(11-9-16)26-14-4-5-15-26/h2-3,6-11H,4-5,12-15H2,1H3,(H,23,27). The van der Waals surface area contributed by atoms with Crippen LogP contribution in [0.15, 0.2) is 53.1 Å². The van der Waals surface area contributed by atoms with Gasteiger partial charge in [-0.05, 0) is 49.2 Å². The first-order chi connectivity index (χ1) is 14.2. The van der Waals surface area contributed by atoms with Gasteiger partial charge in [-0.25, -0.2) is 0 Å². The van der Waals surface area contributed by atoms with Gasteiger partial charge in [0.25, 0.3) is 0 Å². The molecule has 3 aromatic rings. The molecule has 0 radical (unpaired) electrons. The van der Waals surface area contributed by atoms with E-state index >= 15 is 0 Å². The summed E-state index contributed by atoms with van der Waals surface area (Å²) in [6.45, 7) is 2.21. The Morgan fingerprint density at radius 1 is 1.14 bits per heavy atom. The zero-order valence-corrected chi connectivity index (χ0v) is 16.4. The number of nitrogens with zero attached hydrogens (tertiary/aromatic N) is 3. The number of hydrogen-bond acceptors (Lipinski definition) is 6. The molecule has 1 amide bonds. The Morgan fingerprint density at radius 2 is 1.90 bits per heavy atom. The number of amides is 1. The first-order valence-corrected chi connectivity index (χ1v) is 9.84. The van der Waals surface area contributed by atoms with Gasteiger partial charge in [0.1, 0.15) is 5.75 Å². The molecule has 2 aromatic carbocycles. The molecular formula is C22H24N4O3. The highest BCUT2D eigenvalue weighted by molar-refractivity contribution is 5.91. The number of nitrogens with one attached hydrogen (secondary N) is 1. The summed E-state index contributed by atoms with van der Waals surface area (Å²) < 4.78 is 10.6. The minimum absolute atomic E-state index is 0.0871. The lowest BCUT2D eigenvalue weighted by atomic mass is 10.2. The largest absolute Gasteiger partial charge is 0.496 e. The highest BCUT2D eigenvalue weighted by Gasteiger charge is 2.15. The number of anilines is 2. The lowest BCUT2D eigenvalue weighted by molar-refractivity contribution is -0.116. The molecule has 29 heavy (non-hydrogen) atoms. The minimum Gasteiger partial charge on any atom is -0.496 e. The summed E-state index contributed by atoms with van der Waals surface area (Å²) in [6.07, 6.45) is 3.13. The molecule has 0 aliphatic carbocycles. The van der Waals surface area contributed by atoms with Crippen molar-refractivity contribution in [2.45, 2.75) is 25.7 Å². The molecule has 1 aromatic heterocycles. The molecule has 2 heterocycles. The van der Waals surface area contributed by atoms with Crippen LogP contribution in [-0.4, -0.2) is 36.2 Å². The number of aromatic nitrogens is 2. The third-order valence-electron chi connectivity index (χ3n) is 5.00. The van der Waals surface area contributed by atoms with Crippen LogP contribution in [0.3, 0.4) is 0 Å². The maximum atomic E-state index is 12.3. The van der Waals surface area contributed by atoms with Crippen molar-refractivity contribution >= 4 is 17.3 Å². The van der Waals surface area contributed by atoms with Crippen molar-refractivity contribution in [2.75, 3.05) is 30.4 Å². The van der Waals surface area contributed by atoms with Crippen LogP contribution >= 0.6 is 0 Å². The van der Waals surface area contributed by atoms with E-state index in [9.17, 15) is 4.79 Å². The van der Waals surface area contributed by atoms with E-state index < -0.39 is 0 Å². The molecule has 7 heteroatoms. The first kappa shape index (κ1) is 19.0. The van der Waals surface area contributed by atoms with Crippen molar-refractivity contribution in [2.24, 2.45) is 0 Å². The number of carbonyl (C=O) groups excluding carboxylic acids is 1. The maximum Gasteiger partial charge on any atom is 0.227 e. The van der Waals surface area contributed by atoms with Gasteiger partial charge >= 0.3 is 0 Å². The molecule has 0 unspecified atom stereocenters. The van der Waals surface area contributed by atoms with Gasteiger partial charge in [0, 0.05) is 37.3 Å². The van der Waals surface area contributed by atoms with E-state index in [0.717, 1.165) is 24.3 Å². The number of para-hydroxylation sites is 1. The van der Waals surface area contributed by atoms with Crippen molar-refractivity contribution in [3.8, 4) is 17.1 Å². The van der Waals surface area contributed by atoms with Gasteiger partial charge in [-0.15, -0.1) is 0 Å². The number of benzene rings is 2. The lowest BCUT2D eigenvalue weighted by Gasteiger charge is -2.17. The predicted molar refractivity (Wildman–Crippen MR) is 111 cm³/mol. The summed E-state index contributed by atoms with van der Waals surface area (Å²) in [5.41, 5.74) is 2.75. The van der Waals surface area contributed by atoms with E-state index in [0.29, 0.717) is 23.9 Å². The van der Waals surface area contributed by atoms with Crippen LogP contribution in [0.25, 0.3) is 11.4 Å². The lowest BCUT2D eigenvalue weighted by Crippen LogP contribution is -2.17. The third-order valence-corrected chi connectivity index (χ3v) is 5.00. The molecule has 150 valence electrons. The van der Waals surface area contributed by atoms with Crippen LogP contribution in [0, 0.1) is 0 Å². The van der Waals surface area contributed by atoms with E-state index in [4.69, 9.17) is 9.26 Å². The van der Waals surface area contributed by atoms with Crippen LogP contribution in [0.4, 0.5) is 11.4 Å². The zero-order valence-electron chi connectivity index (χ0n) is 16.4. The Balaban J connectivity index is 1.31. The molecule has 1 saturated heterocycles. The zero-order chi connectivity index (χ0) is 20.1. The fraction of sp³-hybridized carbons (Fsp3) is 0.318. The van der Waals surface area contributed by atoms with Gasteiger partial charge in [-0.1, -0.05) is 17.3 Å². The van der Waals surface area contributed by atoms with Gasteiger partial charge in [-0.3, -0.25) is 4.79 Å². The Bertz CT molecular complexity index is 962. The van der Waals surface area contributed by atoms with Gasteiger partial charge in [-0.2, -0.15) is 4.98 Å². The molecule has 1 aliphatic rings. The number of ether oxygens (including phenoxy) is 1. The van der Waals surface area contributed by atoms with E-state index in [1.54, 1.807) is 7.11 Å². The van der Waals surface area contributed by atoms with Crippen LogP contribution in [0.1, 0.15) is 25.2 Å². The van der Waals surface area contributed by atoms with E-state index in [-0.39, 0.29) is 12.3 Å². The number of methoxy groups -OCH3 is 1. The molecule has 1 N–H and O–H groups in total. The van der Waals surface area contributed by atoms with Gasteiger partial charge < -0.3 is 19.5 Å². The van der Waals surface area contributed by atoms with Gasteiger partial charge in [0.05, 0.1) is 12.7 Å². The molecular weight excluding hydrogens is 368 g/mol. The van der Waals surface area contributed by atoms with Gasteiger partial charge in [0.15, 0.2) is 0 Å². The molecule has 0 atom stereocenters. The summed E-state index contributed by atoms with van der Waals surface area (Å²) in [7, 11) is 1.60. The van der Waals surface area contributed by atoms with Crippen molar-refractivity contribution in [3.05, 3.63) is 54.4 Å². The SMILES string of the molecule is COc1ccccc1-c1noc(CCC(=O)Nc2ccc(N3CCCC3)cc2)n1. The Morgan fingerprint density at radius 3 is 2.66 bits per heavy atom. The summed E-state index contributed by atoms with van der Waals surface area (Å²) in [4.78, 5) is 19.0. The average molecular weight is 392 g/mol. The highest BCUT2D eigenvalue weighted by atomic mass is 16.5. The average Bonchev–Trinajstić information content (AvgIpc) is 3.45. The number of aryl methyl sites for hydroxylation is 1. The third kappa shape index (κ3) is 4.56. The monoisotopic (exact) mass is 392 g/mol. The normalized spacial score (nSPS) is 13.5. The first-order valence-electron chi connectivity index (χ1n) is 9.84. The number of carbonyl (C=O) groups is 1. The van der Waals surface area contributed by atoms with Crippen LogP contribution in [0.5, 0.6) is 5.75 Å². The second-order valence-electron chi connectivity index (χ2n) is 7.00. The van der Waals surface area contributed by atoms with Crippen molar-refractivity contribution < 1.29 is 14.1 Å². The second-order valence-corrected chi connectivity index (χ2v) is 7.00. The Labute approximate surface area is 169 Å². The van der Waals surface area contributed by atoms with Crippen molar-refractivity contribution in [1.29, 1.82) is 0 Å². The summed E-state index contributed by atoms with van der Waals surface area (Å²) in [5, 5.41) is 6.92. The molecule has 0 spiro atoms. The highest BCUT2D eigenvalue weighted by Crippen LogP contribution is 2.27. The molecule has 4 rings (SSSR count). The summed E-state index contributed by atoms with van der Waals surface area (Å²) >= 11 is 0. The van der Waals surface area contributed by atoms with Crippen molar-refractivity contribution in [1.82, 2.24) is 10.1 Å². The van der Waals surface area contributed by atoms with Crippen LogP contribution < -0.4 is 15.0 Å². The second kappa shape index (κ2) is 8.77. The fourth-order valence-corrected chi connectivity index (χ4v) is 3.47. The topological polar surface area (TPSA) is 80.5 Å². The fourth-order valence-electron chi connectivity index (χ4n) is 3.47. The number of rotatable bonds is 7. The van der Waals surface area contributed by atoms with Crippen LogP contribution in [0.2, 0.25) is 0 Å². The Kier molecular flexibility index (Phi) is 5.74. The smallest absolute Gasteiger partial charge is 0.227 e. The molecule has 0 bridgehead atoms. The van der Waals surface area contributed by atoms with Crippen molar-refractivity contribution in [3.63, 3.8) is 0 Å². The quantitative estimate of drug-likeness (QED) is 0.656. The van der Waals surface area contributed by atoms with Gasteiger partial charge in [0.2, 0.25) is 17.6 Å².